The summed E-state index contributed by atoms with van der Waals surface area (Å²) in [5.41, 5.74) is 2.22. The Hall–Kier alpha value is -2.23. The molecule has 0 spiro atoms. The van der Waals surface area contributed by atoms with Gasteiger partial charge in [-0.05, 0) is 37.6 Å². The fourth-order valence-corrected chi connectivity index (χ4v) is 4.56. The standard InChI is InChI=1S/C19H22ClN5O2S2/c1-12-4-6-15(13(2)8-12)27-10-17-22-23-19(25(17)21)28-11-18(26)24(3)9-14-5-7-16(20)29-14/h4-8H,9-11,21H2,1-3H3. The number of carbonyl (C=O) groups is 1. The van der Waals surface area contributed by atoms with Crippen LogP contribution in [0, 0.1) is 13.8 Å². The molecule has 0 aliphatic heterocycles. The summed E-state index contributed by atoms with van der Waals surface area (Å²) >= 11 is 8.64. The minimum Gasteiger partial charge on any atom is -0.485 e. The van der Waals surface area contributed by atoms with Crippen molar-refractivity contribution in [3.63, 3.8) is 0 Å². The minimum atomic E-state index is -0.0318. The second-order valence-corrected chi connectivity index (χ2v) is 9.31. The van der Waals surface area contributed by atoms with Gasteiger partial charge in [0.2, 0.25) is 11.1 Å². The first kappa shape index (κ1) is 21.5. The number of thiophene rings is 1. The number of nitrogens with zero attached hydrogens (tertiary/aromatic N) is 4. The van der Waals surface area contributed by atoms with Gasteiger partial charge in [-0.3, -0.25) is 4.79 Å². The van der Waals surface area contributed by atoms with Gasteiger partial charge in [-0.15, -0.1) is 21.5 Å². The third-order valence-corrected chi connectivity index (χ3v) is 6.34. The number of aryl methyl sites for hydroxylation is 2. The number of carbonyl (C=O) groups excluding carboxylic acids is 1. The van der Waals surface area contributed by atoms with Gasteiger partial charge < -0.3 is 15.5 Å². The summed E-state index contributed by atoms with van der Waals surface area (Å²) in [6.07, 6.45) is 0. The Morgan fingerprint density at radius 1 is 1.31 bits per heavy atom. The molecule has 0 bridgehead atoms. The quantitative estimate of drug-likeness (QED) is 0.415. The highest BCUT2D eigenvalue weighted by Crippen LogP contribution is 2.23. The van der Waals surface area contributed by atoms with Gasteiger partial charge in [-0.25, -0.2) is 4.68 Å². The second kappa shape index (κ2) is 9.51. The Labute approximate surface area is 182 Å². The SMILES string of the molecule is Cc1ccc(OCc2nnc(SCC(=O)N(C)Cc3ccc(Cl)s3)n2N)c(C)c1. The predicted octanol–water partition coefficient (Wildman–Crippen LogP) is 3.65. The number of aromatic nitrogens is 3. The molecular weight excluding hydrogens is 430 g/mol. The van der Waals surface area contributed by atoms with E-state index in [2.05, 4.69) is 16.3 Å². The molecule has 0 saturated carbocycles. The third-order valence-electron chi connectivity index (χ3n) is 4.19. The molecule has 7 nitrogen and oxygen atoms in total. The molecule has 0 unspecified atom stereocenters. The summed E-state index contributed by atoms with van der Waals surface area (Å²) in [6, 6.07) is 9.71. The van der Waals surface area contributed by atoms with Crippen LogP contribution >= 0.6 is 34.7 Å². The van der Waals surface area contributed by atoms with Crippen LogP contribution in [0.5, 0.6) is 5.75 Å². The molecule has 0 atom stereocenters. The Balaban J connectivity index is 1.53. The third kappa shape index (κ3) is 5.65. The van der Waals surface area contributed by atoms with Crippen molar-refractivity contribution in [1.82, 2.24) is 19.8 Å². The van der Waals surface area contributed by atoms with Crippen LogP contribution in [0.25, 0.3) is 0 Å². The zero-order valence-electron chi connectivity index (χ0n) is 16.4. The number of hydrogen-bond acceptors (Lipinski definition) is 7. The first-order valence-electron chi connectivity index (χ1n) is 8.84. The van der Waals surface area contributed by atoms with E-state index in [9.17, 15) is 4.79 Å². The van der Waals surface area contributed by atoms with Crippen LogP contribution in [0.3, 0.4) is 0 Å². The maximum Gasteiger partial charge on any atom is 0.233 e. The lowest BCUT2D eigenvalue weighted by Gasteiger charge is -2.15. The van der Waals surface area contributed by atoms with Gasteiger partial charge in [0.1, 0.15) is 12.4 Å². The minimum absolute atomic E-state index is 0.0318. The summed E-state index contributed by atoms with van der Waals surface area (Å²) < 4.78 is 7.88. The lowest BCUT2D eigenvalue weighted by atomic mass is 10.1. The molecule has 154 valence electrons. The Kier molecular flexibility index (Phi) is 7.05. The summed E-state index contributed by atoms with van der Waals surface area (Å²) in [7, 11) is 1.76. The van der Waals surface area contributed by atoms with Crippen LogP contribution < -0.4 is 10.6 Å². The van der Waals surface area contributed by atoms with E-state index < -0.39 is 0 Å². The molecule has 1 amide bonds. The van der Waals surface area contributed by atoms with E-state index in [-0.39, 0.29) is 18.3 Å². The molecule has 3 rings (SSSR count). The van der Waals surface area contributed by atoms with Crippen molar-refractivity contribution in [3.05, 3.63) is 56.5 Å². The highest BCUT2D eigenvalue weighted by Gasteiger charge is 2.16. The first-order chi connectivity index (χ1) is 13.8. The van der Waals surface area contributed by atoms with Gasteiger partial charge in [0.05, 0.1) is 16.6 Å². The zero-order valence-corrected chi connectivity index (χ0v) is 18.8. The molecule has 1 aromatic carbocycles. The summed E-state index contributed by atoms with van der Waals surface area (Å²) in [4.78, 5) is 15.1. The van der Waals surface area contributed by atoms with Crippen molar-refractivity contribution in [2.24, 2.45) is 0 Å². The van der Waals surface area contributed by atoms with Crippen LogP contribution in [-0.2, 0) is 17.9 Å². The highest BCUT2D eigenvalue weighted by atomic mass is 35.5. The van der Waals surface area contributed by atoms with Crippen LogP contribution in [0.4, 0.5) is 0 Å². The highest BCUT2D eigenvalue weighted by molar-refractivity contribution is 7.99. The lowest BCUT2D eigenvalue weighted by molar-refractivity contribution is -0.127. The number of hydrogen-bond donors (Lipinski definition) is 1. The van der Waals surface area contributed by atoms with Crippen LogP contribution in [0.2, 0.25) is 4.34 Å². The van der Waals surface area contributed by atoms with E-state index in [1.54, 1.807) is 11.9 Å². The fourth-order valence-electron chi connectivity index (χ4n) is 2.60. The van der Waals surface area contributed by atoms with Crippen molar-refractivity contribution in [2.45, 2.75) is 32.2 Å². The van der Waals surface area contributed by atoms with Gasteiger partial charge >= 0.3 is 0 Å². The summed E-state index contributed by atoms with van der Waals surface area (Å²) in [5.74, 6) is 7.51. The maximum atomic E-state index is 12.4. The van der Waals surface area contributed by atoms with Crippen LogP contribution in [-0.4, -0.2) is 38.5 Å². The Bertz CT molecular complexity index is 1000. The topological polar surface area (TPSA) is 86.3 Å². The number of ether oxygens (including phenoxy) is 1. The van der Waals surface area contributed by atoms with Gasteiger partial charge in [0.25, 0.3) is 0 Å². The van der Waals surface area contributed by atoms with Crippen molar-refractivity contribution in [1.29, 1.82) is 0 Å². The number of halogens is 1. The van der Waals surface area contributed by atoms with E-state index >= 15 is 0 Å². The molecule has 0 radical (unpaired) electrons. The summed E-state index contributed by atoms with van der Waals surface area (Å²) in [5, 5.41) is 8.61. The molecule has 29 heavy (non-hydrogen) atoms. The average Bonchev–Trinajstić information content (AvgIpc) is 3.24. The molecule has 0 saturated heterocycles. The number of amides is 1. The number of rotatable bonds is 8. The van der Waals surface area contributed by atoms with Crippen LogP contribution in [0.15, 0.2) is 35.5 Å². The summed E-state index contributed by atoms with van der Waals surface area (Å²) in [6.45, 7) is 4.73. The van der Waals surface area contributed by atoms with Crippen molar-refractivity contribution < 1.29 is 9.53 Å². The fraction of sp³-hybridized carbons (Fsp3) is 0.316. The molecular formula is C19H22ClN5O2S2. The Morgan fingerprint density at radius 3 is 2.79 bits per heavy atom. The largest absolute Gasteiger partial charge is 0.485 e. The number of thioether (sulfide) groups is 1. The Morgan fingerprint density at radius 2 is 2.10 bits per heavy atom. The average molecular weight is 452 g/mol. The van der Waals surface area contributed by atoms with Crippen LogP contribution in [0.1, 0.15) is 21.8 Å². The molecule has 0 aliphatic carbocycles. The van der Waals surface area contributed by atoms with E-state index in [4.69, 9.17) is 22.2 Å². The molecule has 10 heteroatoms. The van der Waals surface area contributed by atoms with E-state index in [0.717, 1.165) is 16.2 Å². The number of benzene rings is 1. The molecule has 2 aromatic heterocycles. The zero-order chi connectivity index (χ0) is 21.0. The van der Waals surface area contributed by atoms with E-state index in [0.29, 0.717) is 21.9 Å². The second-order valence-electron chi connectivity index (χ2n) is 6.57. The monoisotopic (exact) mass is 451 g/mol. The van der Waals surface area contributed by atoms with E-state index in [1.807, 2.05) is 38.1 Å². The predicted molar refractivity (Wildman–Crippen MR) is 117 cm³/mol. The number of nitrogens with two attached hydrogens (primary N) is 1. The molecule has 0 fully saturated rings. The molecule has 0 aliphatic rings. The van der Waals surface area contributed by atoms with Crippen molar-refractivity contribution >= 4 is 40.6 Å². The van der Waals surface area contributed by atoms with Gasteiger partial charge in [0.15, 0.2) is 5.82 Å². The van der Waals surface area contributed by atoms with Gasteiger partial charge in [-0.2, -0.15) is 0 Å². The van der Waals surface area contributed by atoms with Gasteiger partial charge in [0, 0.05) is 11.9 Å². The maximum absolute atomic E-state index is 12.4. The van der Waals surface area contributed by atoms with Crippen molar-refractivity contribution in [2.75, 3.05) is 18.6 Å². The van der Waals surface area contributed by atoms with E-state index in [1.165, 1.54) is 33.3 Å². The normalized spacial score (nSPS) is 10.9. The lowest BCUT2D eigenvalue weighted by Crippen LogP contribution is -2.27. The van der Waals surface area contributed by atoms with Crippen molar-refractivity contribution in [3.8, 4) is 5.75 Å². The smallest absolute Gasteiger partial charge is 0.233 e. The molecule has 2 heterocycles. The molecule has 3 aromatic rings. The molecule has 2 N–H and O–H groups in total. The van der Waals surface area contributed by atoms with Gasteiger partial charge in [-0.1, -0.05) is 41.1 Å². The number of nitrogen functional groups attached to an aromatic ring is 1. The first-order valence-corrected chi connectivity index (χ1v) is 11.0.